The van der Waals surface area contributed by atoms with E-state index in [2.05, 4.69) is 36.2 Å². The Hall–Kier alpha value is -2.42. The van der Waals surface area contributed by atoms with E-state index in [1.807, 2.05) is 0 Å². The molecule has 4 N–H and O–H groups in total. The van der Waals surface area contributed by atoms with Crippen LogP contribution in [-0.4, -0.2) is 27.3 Å². The van der Waals surface area contributed by atoms with Gasteiger partial charge >= 0.3 is 5.97 Å². The monoisotopic (exact) mass is 326 g/mol. The third-order valence-corrected chi connectivity index (χ3v) is 2.59. The number of rotatable bonds is 3. The van der Waals surface area contributed by atoms with Crippen LogP contribution in [0.2, 0.25) is 0 Å². The van der Waals surface area contributed by atoms with Gasteiger partial charge in [0.1, 0.15) is 0 Å². The first-order valence-corrected chi connectivity index (χ1v) is 5.70. The molecule has 0 bridgehead atoms. The number of benzene rings is 1. The number of carboxylic acid groups (broad SMARTS) is 1. The molecule has 1 heterocycles. The minimum atomic E-state index is -1.11. The number of amides is 1. The molecule has 9 heteroatoms. The Kier molecular flexibility index (Phi) is 3.47. The molecule has 0 fully saturated rings. The summed E-state index contributed by atoms with van der Waals surface area (Å²) in [7, 11) is 0. The van der Waals surface area contributed by atoms with Crippen LogP contribution in [0.25, 0.3) is 0 Å². The molecule has 2 rings (SSSR count). The number of anilines is 2. The lowest BCUT2D eigenvalue weighted by atomic mass is 10.2. The number of nitrogens with zero attached hydrogens (tertiary/aromatic N) is 2. The summed E-state index contributed by atoms with van der Waals surface area (Å²) in [5.41, 5.74) is 5.50. The smallest absolute Gasteiger partial charge is 0.335 e. The molecule has 0 radical (unpaired) electrons. The summed E-state index contributed by atoms with van der Waals surface area (Å²) in [5, 5.41) is 18.0. The van der Waals surface area contributed by atoms with Crippen molar-refractivity contribution in [1.82, 2.24) is 10.3 Å². The molecule has 0 aliphatic carbocycles. The first-order valence-electron chi connectivity index (χ1n) is 4.90. The Balaban J connectivity index is 2.26. The van der Waals surface area contributed by atoms with Crippen molar-refractivity contribution in [2.75, 3.05) is 11.1 Å². The van der Waals surface area contributed by atoms with Gasteiger partial charge in [0.15, 0.2) is 0 Å². The molecule has 0 aliphatic rings. The van der Waals surface area contributed by atoms with Crippen LogP contribution in [0.5, 0.6) is 0 Å². The zero-order chi connectivity index (χ0) is 14.0. The van der Waals surface area contributed by atoms with Gasteiger partial charge in [-0.3, -0.25) is 4.79 Å². The summed E-state index contributed by atoms with van der Waals surface area (Å²) in [4.78, 5) is 22.7. The molecule has 0 aliphatic heterocycles. The number of carboxylic acids is 1. The summed E-state index contributed by atoms with van der Waals surface area (Å²) in [6.45, 7) is 0. The van der Waals surface area contributed by atoms with Gasteiger partial charge in [0.25, 0.3) is 5.91 Å². The van der Waals surface area contributed by atoms with Crippen LogP contribution < -0.4 is 11.1 Å². The number of carbonyl (C=O) groups excluding carboxylic acids is 1. The number of halogens is 1. The number of aromatic nitrogens is 2. The van der Waals surface area contributed by atoms with Crippen molar-refractivity contribution in [2.24, 2.45) is 0 Å². The molecular formula is C10H7BrN4O4. The van der Waals surface area contributed by atoms with Gasteiger partial charge in [-0.1, -0.05) is 15.9 Å². The third kappa shape index (κ3) is 2.88. The van der Waals surface area contributed by atoms with Crippen LogP contribution in [0.4, 0.5) is 11.5 Å². The number of carbonyl (C=O) groups is 2. The van der Waals surface area contributed by atoms with Gasteiger partial charge in [-0.05, 0) is 28.5 Å². The highest BCUT2D eigenvalue weighted by Crippen LogP contribution is 2.20. The SMILES string of the molecule is Nc1nonc1C(=O)Nc1cc(Br)cc(C(=O)O)c1. The molecular weight excluding hydrogens is 320 g/mol. The number of nitrogen functional groups attached to an aromatic ring is 1. The molecule has 98 valence electrons. The maximum absolute atomic E-state index is 11.8. The van der Waals surface area contributed by atoms with E-state index in [-0.39, 0.29) is 22.8 Å². The summed E-state index contributed by atoms with van der Waals surface area (Å²) in [5.74, 6) is -1.90. The average Bonchev–Trinajstić information content (AvgIpc) is 2.74. The van der Waals surface area contributed by atoms with Crippen molar-refractivity contribution in [2.45, 2.75) is 0 Å². The summed E-state index contributed by atoms with van der Waals surface area (Å²) in [6.07, 6.45) is 0. The Labute approximate surface area is 114 Å². The summed E-state index contributed by atoms with van der Waals surface area (Å²) >= 11 is 3.15. The van der Waals surface area contributed by atoms with Crippen LogP contribution in [0, 0.1) is 0 Å². The zero-order valence-corrected chi connectivity index (χ0v) is 10.8. The van der Waals surface area contributed by atoms with E-state index >= 15 is 0 Å². The fourth-order valence-corrected chi connectivity index (χ4v) is 1.82. The van der Waals surface area contributed by atoms with Crippen LogP contribution >= 0.6 is 15.9 Å². The topological polar surface area (TPSA) is 131 Å². The molecule has 8 nitrogen and oxygen atoms in total. The molecule has 19 heavy (non-hydrogen) atoms. The van der Waals surface area contributed by atoms with Crippen molar-refractivity contribution < 1.29 is 19.3 Å². The van der Waals surface area contributed by atoms with Gasteiger partial charge in [-0.15, -0.1) is 0 Å². The second-order valence-electron chi connectivity index (χ2n) is 3.49. The van der Waals surface area contributed by atoms with Crippen molar-refractivity contribution in [3.8, 4) is 0 Å². The second-order valence-corrected chi connectivity index (χ2v) is 4.40. The molecule has 0 atom stereocenters. The third-order valence-electron chi connectivity index (χ3n) is 2.13. The largest absolute Gasteiger partial charge is 0.478 e. The normalized spacial score (nSPS) is 10.2. The number of aromatic carboxylic acids is 1. The molecule has 2 aromatic rings. The maximum atomic E-state index is 11.8. The lowest BCUT2D eigenvalue weighted by molar-refractivity contribution is 0.0696. The van der Waals surface area contributed by atoms with E-state index in [0.29, 0.717) is 4.47 Å². The maximum Gasteiger partial charge on any atom is 0.335 e. The van der Waals surface area contributed by atoms with E-state index in [4.69, 9.17) is 10.8 Å². The van der Waals surface area contributed by atoms with Crippen molar-refractivity contribution in [3.63, 3.8) is 0 Å². The lowest BCUT2D eigenvalue weighted by Gasteiger charge is -2.05. The van der Waals surface area contributed by atoms with Crippen LogP contribution in [-0.2, 0) is 0 Å². The zero-order valence-electron chi connectivity index (χ0n) is 9.25. The fourth-order valence-electron chi connectivity index (χ4n) is 1.33. The van der Waals surface area contributed by atoms with Gasteiger partial charge in [0.05, 0.1) is 5.56 Å². The molecule has 1 aromatic heterocycles. The van der Waals surface area contributed by atoms with Gasteiger partial charge in [-0.25, -0.2) is 9.42 Å². The summed E-state index contributed by atoms with van der Waals surface area (Å²) in [6, 6.07) is 4.24. The van der Waals surface area contributed by atoms with E-state index in [9.17, 15) is 9.59 Å². The van der Waals surface area contributed by atoms with Crippen molar-refractivity contribution in [3.05, 3.63) is 33.9 Å². The van der Waals surface area contributed by atoms with E-state index in [0.717, 1.165) is 0 Å². The van der Waals surface area contributed by atoms with E-state index < -0.39 is 11.9 Å². The first kappa shape index (κ1) is 13.0. The van der Waals surface area contributed by atoms with Crippen molar-refractivity contribution in [1.29, 1.82) is 0 Å². The van der Waals surface area contributed by atoms with Crippen LogP contribution in [0.15, 0.2) is 27.3 Å². The molecule has 0 unspecified atom stereocenters. The molecule has 0 spiro atoms. The van der Waals surface area contributed by atoms with E-state index in [1.165, 1.54) is 18.2 Å². The molecule has 1 aromatic carbocycles. The Morgan fingerprint density at radius 2 is 2.05 bits per heavy atom. The molecule has 1 amide bonds. The highest BCUT2D eigenvalue weighted by molar-refractivity contribution is 9.10. The number of hydrogen-bond donors (Lipinski definition) is 3. The first-order chi connectivity index (χ1) is 8.97. The Morgan fingerprint density at radius 3 is 2.63 bits per heavy atom. The number of hydrogen-bond acceptors (Lipinski definition) is 6. The van der Waals surface area contributed by atoms with Gasteiger partial charge in [-0.2, -0.15) is 0 Å². The number of nitrogens with one attached hydrogen (secondary N) is 1. The molecule has 0 saturated heterocycles. The average molecular weight is 327 g/mol. The molecule has 0 saturated carbocycles. The van der Waals surface area contributed by atoms with Crippen molar-refractivity contribution >= 4 is 39.3 Å². The van der Waals surface area contributed by atoms with Gasteiger partial charge < -0.3 is 16.2 Å². The van der Waals surface area contributed by atoms with Crippen LogP contribution in [0.1, 0.15) is 20.8 Å². The fraction of sp³-hybridized carbons (Fsp3) is 0. The van der Waals surface area contributed by atoms with E-state index in [1.54, 1.807) is 0 Å². The quantitative estimate of drug-likeness (QED) is 0.775. The Morgan fingerprint density at radius 1 is 1.32 bits per heavy atom. The van der Waals surface area contributed by atoms with Gasteiger partial charge in [0, 0.05) is 10.2 Å². The second kappa shape index (κ2) is 5.06. The lowest BCUT2D eigenvalue weighted by Crippen LogP contribution is -2.14. The highest BCUT2D eigenvalue weighted by atomic mass is 79.9. The minimum absolute atomic E-state index is 0.0240. The predicted octanol–water partition coefficient (Wildman–Crippen LogP) is 1.36. The van der Waals surface area contributed by atoms with Gasteiger partial charge in [0.2, 0.25) is 11.5 Å². The standard InChI is InChI=1S/C10H7BrN4O4/c11-5-1-4(10(17)18)2-6(3-5)13-9(16)7-8(12)15-19-14-7/h1-3H,(H2,12,15)(H,13,16)(H,17,18). The minimum Gasteiger partial charge on any atom is -0.478 e. The Bertz CT molecular complexity index is 655. The predicted molar refractivity (Wildman–Crippen MR) is 67.8 cm³/mol. The van der Waals surface area contributed by atoms with Crippen LogP contribution in [0.3, 0.4) is 0 Å². The number of nitrogens with two attached hydrogens (primary N) is 1. The highest BCUT2D eigenvalue weighted by Gasteiger charge is 2.17. The summed E-state index contributed by atoms with van der Waals surface area (Å²) < 4.78 is 4.81.